The number of nitrogens with zero attached hydrogens (tertiary/aromatic N) is 1. The van der Waals surface area contributed by atoms with Crippen LogP contribution in [0.3, 0.4) is 0 Å². The van der Waals surface area contributed by atoms with Crippen LogP contribution < -0.4 is 10.6 Å². The lowest BCUT2D eigenvalue weighted by Crippen LogP contribution is -2.54. The normalized spacial score (nSPS) is 19.2. The second-order valence-electron chi connectivity index (χ2n) is 6.89. The minimum atomic E-state index is -1.03. The Morgan fingerprint density at radius 3 is 2.63 bits per heavy atom. The van der Waals surface area contributed by atoms with Crippen LogP contribution in [0.1, 0.15) is 47.2 Å². The molecule has 1 aromatic carbocycles. The van der Waals surface area contributed by atoms with Crippen LogP contribution in [0.4, 0.5) is 0 Å². The summed E-state index contributed by atoms with van der Waals surface area (Å²) in [5.41, 5.74) is 1.50. The highest BCUT2D eigenvalue weighted by Gasteiger charge is 2.36. The third-order valence-electron chi connectivity index (χ3n) is 4.87. The lowest BCUT2D eigenvalue weighted by Gasteiger charge is -2.29. The van der Waals surface area contributed by atoms with Crippen molar-refractivity contribution >= 4 is 30.0 Å². The van der Waals surface area contributed by atoms with Gasteiger partial charge in [-0.2, -0.15) is 0 Å². The van der Waals surface area contributed by atoms with Crippen LogP contribution in [-0.4, -0.2) is 41.0 Å². The van der Waals surface area contributed by atoms with Crippen molar-refractivity contribution in [3.05, 3.63) is 34.9 Å². The van der Waals surface area contributed by atoms with Crippen molar-refractivity contribution < 1.29 is 24.0 Å². The van der Waals surface area contributed by atoms with Crippen LogP contribution in [0.25, 0.3) is 0 Å². The van der Waals surface area contributed by atoms with Crippen molar-refractivity contribution in [1.82, 2.24) is 15.5 Å². The summed E-state index contributed by atoms with van der Waals surface area (Å²) in [6.07, 6.45) is 2.22. The number of rotatable bonds is 6. The lowest BCUT2D eigenvalue weighted by molar-refractivity contribution is -0.139. The molecule has 1 aliphatic heterocycles. The molecule has 5 amide bonds. The molecule has 0 radical (unpaired) electrons. The molecule has 8 heteroatoms. The summed E-state index contributed by atoms with van der Waals surface area (Å²) in [6.45, 7) is 1.90. The zero-order valence-corrected chi connectivity index (χ0v) is 15.0. The molecule has 1 saturated heterocycles. The first kappa shape index (κ1) is 18.8. The van der Waals surface area contributed by atoms with Crippen LogP contribution in [0.15, 0.2) is 18.2 Å². The smallest absolute Gasteiger partial charge is 0.261 e. The number of hydrogen-bond acceptors (Lipinski definition) is 5. The number of imide groups is 2. The molecule has 0 unspecified atom stereocenters. The van der Waals surface area contributed by atoms with Gasteiger partial charge in [-0.25, -0.2) is 0 Å². The maximum absolute atomic E-state index is 13.1. The van der Waals surface area contributed by atoms with E-state index in [0.717, 1.165) is 17.7 Å². The number of piperidine rings is 1. The van der Waals surface area contributed by atoms with Crippen LogP contribution in [0.5, 0.6) is 0 Å². The van der Waals surface area contributed by atoms with Crippen molar-refractivity contribution in [3.8, 4) is 0 Å². The van der Waals surface area contributed by atoms with Crippen molar-refractivity contribution in [2.75, 3.05) is 0 Å². The van der Waals surface area contributed by atoms with E-state index in [-0.39, 0.29) is 36.8 Å². The molecule has 3 rings (SSSR count). The van der Waals surface area contributed by atoms with E-state index in [1.807, 2.05) is 0 Å². The fourth-order valence-electron chi connectivity index (χ4n) is 3.19. The summed E-state index contributed by atoms with van der Waals surface area (Å²) in [6, 6.07) is 4.18. The second kappa shape index (κ2) is 7.69. The SMILES string of the molecule is Cc1cccc(CNC(=O)C2CC2)c1C(=O)N(C=O)[C@H]1CCC(=O)NC1=O. The van der Waals surface area contributed by atoms with Gasteiger partial charge in [0.25, 0.3) is 5.91 Å². The molecule has 2 fully saturated rings. The van der Waals surface area contributed by atoms with Crippen LogP contribution in [0, 0.1) is 12.8 Å². The molecule has 0 spiro atoms. The largest absolute Gasteiger partial charge is 0.352 e. The number of hydrogen-bond donors (Lipinski definition) is 2. The van der Waals surface area contributed by atoms with Gasteiger partial charge in [0.15, 0.2) is 0 Å². The highest BCUT2D eigenvalue weighted by molar-refractivity contribution is 6.08. The Kier molecular flexibility index (Phi) is 5.34. The van der Waals surface area contributed by atoms with Gasteiger partial charge in [-0.05, 0) is 37.3 Å². The van der Waals surface area contributed by atoms with E-state index in [1.165, 1.54) is 0 Å². The number of amides is 5. The van der Waals surface area contributed by atoms with Gasteiger partial charge in [0, 0.05) is 24.4 Å². The number of benzene rings is 1. The van der Waals surface area contributed by atoms with Gasteiger partial charge in [0.05, 0.1) is 0 Å². The van der Waals surface area contributed by atoms with E-state index in [1.54, 1.807) is 25.1 Å². The molecule has 27 heavy (non-hydrogen) atoms. The number of aryl methyl sites for hydroxylation is 1. The quantitative estimate of drug-likeness (QED) is 0.556. The van der Waals surface area contributed by atoms with E-state index >= 15 is 0 Å². The van der Waals surface area contributed by atoms with Gasteiger partial charge in [-0.15, -0.1) is 0 Å². The van der Waals surface area contributed by atoms with Gasteiger partial charge in [-0.3, -0.25) is 34.2 Å². The van der Waals surface area contributed by atoms with Gasteiger partial charge >= 0.3 is 0 Å². The molecule has 142 valence electrons. The van der Waals surface area contributed by atoms with Crippen molar-refractivity contribution in [1.29, 1.82) is 0 Å². The maximum Gasteiger partial charge on any atom is 0.261 e. The minimum Gasteiger partial charge on any atom is -0.352 e. The zero-order valence-electron chi connectivity index (χ0n) is 15.0. The summed E-state index contributed by atoms with van der Waals surface area (Å²) >= 11 is 0. The minimum absolute atomic E-state index is 0.0453. The van der Waals surface area contributed by atoms with Crippen LogP contribution in [-0.2, 0) is 25.7 Å². The van der Waals surface area contributed by atoms with Crippen molar-refractivity contribution in [3.63, 3.8) is 0 Å². The Morgan fingerprint density at radius 1 is 1.26 bits per heavy atom. The highest BCUT2D eigenvalue weighted by atomic mass is 16.2. The van der Waals surface area contributed by atoms with E-state index < -0.39 is 23.8 Å². The Morgan fingerprint density at radius 2 is 2.00 bits per heavy atom. The first-order valence-corrected chi connectivity index (χ1v) is 8.90. The van der Waals surface area contributed by atoms with Crippen LogP contribution >= 0.6 is 0 Å². The predicted octanol–water partition coefficient (Wildman–Crippen LogP) is 0.425. The first-order valence-electron chi connectivity index (χ1n) is 8.90. The third kappa shape index (κ3) is 4.05. The van der Waals surface area contributed by atoms with Crippen molar-refractivity contribution in [2.24, 2.45) is 5.92 Å². The van der Waals surface area contributed by atoms with Crippen LogP contribution in [0.2, 0.25) is 0 Å². The second-order valence-corrected chi connectivity index (χ2v) is 6.89. The molecule has 1 aliphatic carbocycles. The monoisotopic (exact) mass is 371 g/mol. The lowest BCUT2D eigenvalue weighted by atomic mass is 9.98. The van der Waals surface area contributed by atoms with Gasteiger partial charge < -0.3 is 5.32 Å². The number of nitrogens with one attached hydrogen (secondary N) is 2. The Labute approximate surface area is 156 Å². The molecule has 1 heterocycles. The zero-order chi connectivity index (χ0) is 19.6. The fraction of sp³-hybridized carbons (Fsp3) is 0.421. The van der Waals surface area contributed by atoms with E-state index in [4.69, 9.17) is 0 Å². The highest BCUT2D eigenvalue weighted by Crippen LogP contribution is 2.29. The summed E-state index contributed by atoms with van der Waals surface area (Å²) in [5, 5.41) is 4.96. The van der Waals surface area contributed by atoms with Crippen molar-refractivity contribution in [2.45, 2.75) is 45.2 Å². The molecular formula is C19H21N3O5. The molecule has 1 aromatic rings. The topological polar surface area (TPSA) is 113 Å². The molecule has 0 bridgehead atoms. The molecule has 8 nitrogen and oxygen atoms in total. The average Bonchev–Trinajstić information content (AvgIpc) is 3.47. The standard InChI is InChI=1S/C19H21N3O5/c1-11-3-2-4-13(9-20-17(25)12-5-6-12)16(11)19(27)22(10-23)14-7-8-15(24)21-18(14)26/h2-4,10,12,14H,5-9H2,1H3,(H,20,25)(H,21,24,26)/t14-/m0/s1. The fourth-order valence-corrected chi connectivity index (χ4v) is 3.19. The Balaban J connectivity index is 1.83. The Bertz CT molecular complexity index is 816. The number of carbonyl (C=O) groups excluding carboxylic acids is 5. The van der Waals surface area contributed by atoms with E-state index in [9.17, 15) is 24.0 Å². The average molecular weight is 371 g/mol. The summed E-state index contributed by atoms with van der Waals surface area (Å²) in [4.78, 5) is 60.8. The molecule has 2 N–H and O–H groups in total. The summed E-state index contributed by atoms with van der Waals surface area (Å²) in [7, 11) is 0. The molecular weight excluding hydrogens is 350 g/mol. The van der Waals surface area contributed by atoms with Gasteiger partial charge in [-0.1, -0.05) is 18.2 Å². The molecule has 1 saturated carbocycles. The summed E-state index contributed by atoms with van der Waals surface area (Å²) < 4.78 is 0. The molecule has 2 aliphatic rings. The Hall–Kier alpha value is -3.03. The molecule has 0 aromatic heterocycles. The predicted molar refractivity (Wildman–Crippen MR) is 94.2 cm³/mol. The first-order chi connectivity index (χ1) is 12.9. The van der Waals surface area contributed by atoms with E-state index in [2.05, 4.69) is 10.6 Å². The van der Waals surface area contributed by atoms with Gasteiger partial charge in [0.1, 0.15) is 6.04 Å². The van der Waals surface area contributed by atoms with E-state index in [0.29, 0.717) is 17.5 Å². The third-order valence-corrected chi connectivity index (χ3v) is 4.87. The maximum atomic E-state index is 13.1. The van der Waals surface area contributed by atoms with Gasteiger partial charge in [0.2, 0.25) is 24.1 Å². The summed E-state index contributed by atoms with van der Waals surface area (Å²) in [5.74, 6) is -1.71. The molecule has 1 atom stereocenters. The number of carbonyl (C=O) groups is 5.